The van der Waals surface area contributed by atoms with Gasteiger partial charge in [0.2, 0.25) is 6.23 Å². The number of nitrogens with zero attached hydrogens (tertiary/aromatic N) is 3. The summed E-state index contributed by atoms with van der Waals surface area (Å²) in [4.78, 5) is 11.0. The Kier molecular flexibility index (Phi) is 4.89. The number of benzene rings is 3. The molecule has 0 unspecified atom stereocenters. The second-order valence-electron chi connectivity index (χ2n) is 7.58. The molecular weight excluding hydrogens is 410 g/mol. The van der Waals surface area contributed by atoms with E-state index < -0.39 is 6.23 Å². The molecule has 0 bridgehead atoms. The maximum absolute atomic E-state index is 11.4. The van der Waals surface area contributed by atoms with Gasteiger partial charge >= 0.3 is 0 Å². The van der Waals surface area contributed by atoms with Gasteiger partial charge < -0.3 is 14.2 Å². The number of nitro groups is 1. The number of nitro benzene ring substituents is 1. The van der Waals surface area contributed by atoms with E-state index in [1.807, 2.05) is 53.5 Å². The number of ether oxygens (including phenoxy) is 3. The summed E-state index contributed by atoms with van der Waals surface area (Å²) in [6.07, 6.45) is 0.142. The highest BCUT2D eigenvalue weighted by Crippen LogP contribution is 2.48. The number of non-ortho nitro benzene ring substituents is 1. The van der Waals surface area contributed by atoms with Crippen LogP contribution in [0, 0.1) is 10.1 Å². The van der Waals surface area contributed by atoms with Crippen LogP contribution in [0.15, 0.2) is 71.8 Å². The smallest absolute Gasteiger partial charge is 0.270 e. The number of hydrogen-bond acceptors (Lipinski definition) is 7. The maximum atomic E-state index is 11.4. The first-order valence-electron chi connectivity index (χ1n) is 10.2. The van der Waals surface area contributed by atoms with Crippen LogP contribution in [0.1, 0.15) is 35.4 Å². The summed E-state index contributed by atoms with van der Waals surface area (Å²) in [6, 6.07) is 20.0. The molecule has 5 rings (SSSR count). The summed E-state index contributed by atoms with van der Waals surface area (Å²) < 4.78 is 17.1. The van der Waals surface area contributed by atoms with Crippen LogP contribution in [0.4, 0.5) is 5.69 Å². The highest BCUT2D eigenvalue weighted by molar-refractivity contribution is 6.02. The van der Waals surface area contributed by atoms with Crippen LogP contribution in [0.5, 0.6) is 17.2 Å². The molecule has 0 aliphatic carbocycles. The molecule has 8 nitrogen and oxygen atoms in total. The molecule has 3 aromatic rings. The molecule has 8 heteroatoms. The lowest BCUT2D eigenvalue weighted by molar-refractivity contribution is -0.385. The van der Waals surface area contributed by atoms with Gasteiger partial charge in [-0.3, -0.25) is 10.1 Å². The molecule has 3 aromatic carbocycles. The van der Waals surface area contributed by atoms with E-state index in [-0.39, 0.29) is 16.7 Å². The lowest BCUT2D eigenvalue weighted by Crippen LogP contribution is -2.33. The molecule has 0 aromatic heterocycles. The SMILES string of the molecule is COc1ccc(C2=NN3[C@H](C2)c2cc([N+](=O)[O-])ccc2O[C@H]3c2ccccc2)cc1OC. The highest BCUT2D eigenvalue weighted by atomic mass is 16.6. The zero-order chi connectivity index (χ0) is 22.2. The fourth-order valence-electron chi connectivity index (χ4n) is 4.22. The molecular formula is C24H21N3O5. The minimum Gasteiger partial charge on any atom is -0.493 e. The Labute approximate surface area is 184 Å². The first-order chi connectivity index (χ1) is 15.6. The van der Waals surface area contributed by atoms with E-state index in [0.717, 1.165) is 22.4 Å². The number of hydrogen-bond donors (Lipinski definition) is 0. The average Bonchev–Trinajstić information content (AvgIpc) is 3.29. The van der Waals surface area contributed by atoms with E-state index in [4.69, 9.17) is 19.3 Å². The molecule has 2 aliphatic heterocycles. The van der Waals surface area contributed by atoms with Crippen LogP contribution >= 0.6 is 0 Å². The highest BCUT2D eigenvalue weighted by Gasteiger charge is 2.41. The Morgan fingerprint density at radius 1 is 1.03 bits per heavy atom. The fraction of sp³-hybridized carbons (Fsp3) is 0.208. The lowest BCUT2D eigenvalue weighted by Gasteiger charge is -2.38. The zero-order valence-corrected chi connectivity index (χ0v) is 17.6. The number of methoxy groups -OCH3 is 2. The van der Waals surface area contributed by atoms with E-state index >= 15 is 0 Å². The largest absolute Gasteiger partial charge is 0.493 e. The molecule has 2 atom stereocenters. The molecule has 0 fully saturated rings. The van der Waals surface area contributed by atoms with Crippen LogP contribution in [-0.2, 0) is 0 Å². The lowest BCUT2D eigenvalue weighted by atomic mass is 9.95. The normalized spacial score (nSPS) is 18.8. The van der Waals surface area contributed by atoms with Gasteiger partial charge in [-0.15, -0.1) is 0 Å². The first kappa shape index (κ1) is 19.9. The summed E-state index contributed by atoms with van der Waals surface area (Å²) in [5, 5.41) is 18.2. The molecule has 2 aliphatic rings. The van der Waals surface area contributed by atoms with Crippen LogP contribution in [0.25, 0.3) is 0 Å². The van der Waals surface area contributed by atoms with E-state index in [1.54, 1.807) is 26.4 Å². The van der Waals surface area contributed by atoms with Crippen molar-refractivity contribution in [2.75, 3.05) is 14.2 Å². The van der Waals surface area contributed by atoms with Gasteiger partial charge in [0.15, 0.2) is 11.5 Å². The molecule has 32 heavy (non-hydrogen) atoms. The van der Waals surface area contributed by atoms with E-state index in [2.05, 4.69) is 0 Å². The summed E-state index contributed by atoms with van der Waals surface area (Å²) in [5.41, 5.74) is 3.49. The number of rotatable bonds is 5. The molecule has 0 spiro atoms. The van der Waals surface area contributed by atoms with Crippen molar-refractivity contribution in [2.45, 2.75) is 18.7 Å². The summed E-state index contributed by atoms with van der Waals surface area (Å²) in [6.45, 7) is 0. The van der Waals surface area contributed by atoms with Gasteiger partial charge in [0, 0.05) is 35.2 Å². The van der Waals surface area contributed by atoms with Crippen molar-refractivity contribution in [2.24, 2.45) is 5.10 Å². The summed E-state index contributed by atoms with van der Waals surface area (Å²) >= 11 is 0. The van der Waals surface area contributed by atoms with Gasteiger partial charge in [0.1, 0.15) is 5.75 Å². The molecule has 0 radical (unpaired) electrons. The maximum Gasteiger partial charge on any atom is 0.270 e. The minimum atomic E-state index is -0.437. The van der Waals surface area contributed by atoms with Gasteiger partial charge in [-0.05, 0) is 24.3 Å². The van der Waals surface area contributed by atoms with Crippen LogP contribution in [-0.4, -0.2) is 29.9 Å². The van der Waals surface area contributed by atoms with Crippen LogP contribution < -0.4 is 14.2 Å². The van der Waals surface area contributed by atoms with Crippen molar-refractivity contribution >= 4 is 11.4 Å². The topological polar surface area (TPSA) is 86.4 Å². The standard InChI is InChI=1S/C24H21N3O5/c1-30-22-10-8-16(12-23(22)31-2)19-14-20-18-13-17(27(28)29)9-11-21(18)32-24(26(20)25-19)15-6-4-3-5-7-15/h3-13,20,24H,14H2,1-2H3/t20-,24+/m1/s1. The third kappa shape index (κ3) is 3.30. The average molecular weight is 431 g/mol. The predicted molar refractivity (Wildman–Crippen MR) is 118 cm³/mol. The van der Waals surface area contributed by atoms with Gasteiger partial charge in [-0.25, -0.2) is 5.01 Å². The van der Waals surface area contributed by atoms with Crippen molar-refractivity contribution in [1.82, 2.24) is 5.01 Å². The van der Waals surface area contributed by atoms with E-state index in [0.29, 0.717) is 23.7 Å². The Morgan fingerprint density at radius 2 is 1.81 bits per heavy atom. The van der Waals surface area contributed by atoms with E-state index in [9.17, 15) is 10.1 Å². The van der Waals surface area contributed by atoms with Crippen molar-refractivity contribution in [3.8, 4) is 17.2 Å². The molecule has 0 amide bonds. The van der Waals surface area contributed by atoms with Crippen LogP contribution in [0.3, 0.4) is 0 Å². The summed E-state index contributed by atoms with van der Waals surface area (Å²) in [7, 11) is 3.19. The molecule has 0 saturated heterocycles. The fourth-order valence-corrected chi connectivity index (χ4v) is 4.22. The minimum absolute atomic E-state index is 0.0324. The zero-order valence-electron chi connectivity index (χ0n) is 17.6. The molecule has 162 valence electrons. The third-order valence-electron chi connectivity index (χ3n) is 5.79. The monoisotopic (exact) mass is 431 g/mol. The second kappa shape index (κ2) is 7.88. The van der Waals surface area contributed by atoms with Gasteiger partial charge in [-0.1, -0.05) is 30.3 Å². The summed E-state index contributed by atoms with van der Waals surface area (Å²) in [5.74, 6) is 1.89. The van der Waals surface area contributed by atoms with E-state index in [1.165, 1.54) is 6.07 Å². The Balaban J connectivity index is 1.59. The van der Waals surface area contributed by atoms with Crippen molar-refractivity contribution in [3.63, 3.8) is 0 Å². The van der Waals surface area contributed by atoms with Crippen molar-refractivity contribution in [3.05, 3.63) is 93.5 Å². The predicted octanol–water partition coefficient (Wildman–Crippen LogP) is 4.85. The second-order valence-corrected chi connectivity index (χ2v) is 7.58. The molecule has 0 N–H and O–H groups in total. The first-order valence-corrected chi connectivity index (χ1v) is 10.2. The van der Waals surface area contributed by atoms with Gasteiger partial charge in [0.05, 0.1) is 30.9 Å². The quantitative estimate of drug-likeness (QED) is 0.424. The van der Waals surface area contributed by atoms with Crippen molar-refractivity contribution in [1.29, 1.82) is 0 Å². The van der Waals surface area contributed by atoms with Crippen LogP contribution in [0.2, 0.25) is 0 Å². The molecule has 2 heterocycles. The molecule has 0 saturated carbocycles. The Morgan fingerprint density at radius 3 is 2.53 bits per heavy atom. The van der Waals surface area contributed by atoms with Gasteiger partial charge in [-0.2, -0.15) is 5.10 Å². The van der Waals surface area contributed by atoms with Crippen molar-refractivity contribution < 1.29 is 19.1 Å². The van der Waals surface area contributed by atoms with Gasteiger partial charge in [0.25, 0.3) is 5.69 Å². The number of hydrazone groups is 1. The Bertz CT molecular complexity index is 1210. The third-order valence-corrected chi connectivity index (χ3v) is 5.79. The Hall–Kier alpha value is -4.07. The number of fused-ring (bicyclic) bond motifs is 3.